The van der Waals surface area contributed by atoms with Crippen molar-refractivity contribution < 1.29 is 14.7 Å². The number of rotatable bonds is 5. The fraction of sp³-hybridized carbons (Fsp3) is 0.167. The molecule has 0 spiro atoms. The summed E-state index contributed by atoms with van der Waals surface area (Å²) in [7, 11) is 0. The number of aryl methyl sites for hydroxylation is 1. The second-order valence-electron chi connectivity index (χ2n) is 3.77. The number of aromatic nitrogens is 2. The van der Waals surface area contributed by atoms with E-state index in [0.29, 0.717) is 5.01 Å². The highest BCUT2D eigenvalue weighted by atomic mass is 32.1. The van der Waals surface area contributed by atoms with Gasteiger partial charge in [-0.25, -0.2) is 14.8 Å². The molecule has 1 amide bonds. The van der Waals surface area contributed by atoms with Crippen molar-refractivity contribution in [3.05, 3.63) is 38.2 Å². The number of carboxylic acid groups (broad SMARTS) is 1. The molecule has 2 N–H and O–H groups in total. The SMILES string of the molecule is Cc1nc(C=CC(=O)NCc2nc(C(=O)O)cs2)cs1. The number of aromatic carboxylic acids is 1. The van der Waals surface area contributed by atoms with Gasteiger partial charge in [-0.1, -0.05) is 0 Å². The minimum atomic E-state index is -1.07. The lowest BCUT2D eigenvalue weighted by Gasteiger charge is -1.97. The molecule has 104 valence electrons. The van der Waals surface area contributed by atoms with Crippen LogP contribution in [0.1, 0.15) is 26.2 Å². The lowest BCUT2D eigenvalue weighted by molar-refractivity contribution is -0.116. The molecule has 0 aliphatic heterocycles. The van der Waals surface area contributed by atoms with Crippen molar-refractivity contribution in [3.63, 3.8) is 0 Å². The Labute approximate surface area is 122 Å². The van der Waals surface area contributed by atoms with Crippen LogP contribution in [0.2, 0.25) is 0 Å². The number of carbonyl (C=O) groups excluding carboxylic acids is 1. The normalized spacial score (nSPS) is 10.8. The standard InChI is InChI=1S/C12H11N3O3S2/c1-7-14-8(5-19-7)2-3-10(16)13-4-11-15-9(6-20-11)12(17)18/h2-3,5-6H,4H2,1H3,(H,13,16)(H,17,18). The topological polar surface area (TPSA) is 92.2 Å². The molecule has 0 aliphatic carbocycles. The third kappa shape index (κ3) is 3.97. The maximum atomic E-state index is 11.6. The third-order valence-corrected chi connectivity index (χ3v) is 3.87. The fourth-order valence-electron chi connectivity index (χ4n) is 1.33. The van der Waals surface area contributed by atoms with Gasteiger partial charge in [-0.05, 0) is 13.0 Å². The molecular formula is C12H11N3O3S2. The van der Waals surface area contributed by atoms with Gasteiger partial charge in [-0.3, -0.25) is 4.79 Å². The average Bonchev–Trinajstić information content (AvgIpc) is 3.03. The van der Waals surface area contributed by atoms with Gasteiger partial charge in [0, 0.05) is 16.8 Å². The highest BCUT2D eigenvalue weighted by molar-refractivity contribution is 7.10. The Morgan fingerprint density at radius 2 is 2.15 bits per heavy atom. The van der Waals surface area contributed by atoms with Crippen LogP contribution < -0.4 is 5.32 Å². The molecule has 0 fully saturated rings. The number of hydrogen-bond donors (Lipinski definition) is 2. The first-order valence-electron chi connectivity index (χ1n) is 5.60. The Kier molecular flexibility index (Phi) is 4.59. The molecule has 2 rings (SSSR count). The average molecular weight is 309 g/mol. The second kappa shape index (κ2) is 6.40. The first-order chi connectivity index (χ1) is 9.54. The van der Waals surface area contributed by atoms with Crippen LogP contribution in [0.4, 0.5) is 0 Å². The van der Waals surface area contributed by atoms with Gasteiger partial charge in [0.05, 0.1) is 17.2 Å². The largest absolute Gasteiger partial charge is 0.476 e. The summed E-state index contributed by atoms with van der Waals surface area (Å²) in [5, 5.41) is 16.2. The second-order valence-corrected chi connectivity index (χ2v) is 5.78. The molecule has 6 nitrogen and oxygen atoms in total. The molecule has 0 saturated heterocycles. The molecule has 2 aromatic heterocycles. The molecular weight excluding hydrogens is 298 g/mol. The van der Waals surface area contributed by atoms with Gasteiger partial charge < -0.3 is 10.4 Å². The van der Waals surface area contributed by atoms with Crippen molar-refractivity contribution in [3.8, 4) is 0 Å². The van der Waals surface area contributed by atoms with E-state index in [-0.39, 0.29) is 18.1 Å². The molecule has 2 heterocycles. The van der Waals surface area contributed by atoms with Crippen LogP contribution in [-0.4, -0.2) is 27.0 Å². The minimum Gasteiger partial charge on any atom is -0.476 e. The van der Waals surface area contributed by atoms with E-state index in [9.17, 15) is 9.59 Å². The summed E-state index contributed by atoms with van der Waals surface area (Å²) < 4.78 is 0. The summed E-state index contributed by atoms with van der Waals surface area (Å²) in [6.45, 7) is 2.10. The zero-order valence-corrected chi connectivity index (χ0v) is 12.1. The molecule has 0 unspecified atom stereocenters. The van der Waals surface area contributed by atoms with Crippen LogP contribution in [0.25, 0.3) is 6.08 Å². The zero-order chi connectivity index (χ0) is 14.5. The van der Waals surface area contributed by atoms with Crippen molar-refractivity contribution in [2.45, 2.75) is 13.5 Å². The summed E-state index contributed by atoms with van der Waals surface area (Å²) in [6.07, 6.45) is 3.02. The van der Waals surface area contributed by atoms with Crippen molar-refractivity contribution in [2.75, 3.05) is 0 Å². The van der Waals surface area contributed by atoms with E-state index in [1.807, 2.05) is 12.3 Å². The molecule has 0 saturated carbocycles. The van der Waals surface area contributed by atoms with E-state index in [4.69, 9.17) is 5.11 Å². The summed E-state index contributed by atoms with van der Waals surface area (Å²) in [5.41, 5.74) is 0.734. The number of amides is 1. The van der Waals surface area contributed by atoms with Crippen LogP contribution in [0, 0.1) is 6.92 Å². The first kappa shape index (κ1) is 14.4. The van der Waals surface area contributed by atoms with Gasteiger partial charge in [0.25, 0.3) is 0 Å². The Morgan fingerprint density at radius 3 is 2.75 bits per heavy atom. The molecule has 2 aromatic rings. The summed E-state index contributed by atoms with van der Waals surface area (Å²) in [5.74, 6) is -1.35. The lowest BCUT2D eigenvalue weighted by atomic mass is 10.4. The Balaban J connectivity index is 1.85. The van der Waals surface area contributed by atoms with Gasteiger partial charge >= 0.3 is 5.97 Å². The molecule has 0 aliphatic rings. The van der Waals surface area contributed by atoms with Gasteiger partial charge in [0.15, 0.2) is 5.69 Å². The maximum absolute atomic E-state index is 11.6. The number of hydrogen-bond acceptors (Lipinski definition) is 6. The van der Waals surface area contributed by atoms with Crippen molar-refractivity contribution in [1.82, 2.24) is 15.3 Å². The zero-order valence-electron chi connectivity index (χ0n) is 10.5. The summed E-state index contributed by atoms with van der Waals surface area (Å²) in [4.78, 5) is 30.3. The predicted molar refractivity (Wildman–Crippen MR) is 76.8 cm³/mol. The molecule has 0 radical (unpaired) electrons. The van der Waals surface area contributed by atoms with Gasteiger partial charge in [0.2, 0.25) is 5.91 Å². The van der Waals surface area contributed by atoms with E-state index in [0.717, 1.165) is 10.7 Å². The molecule has 8 heteroatoms. The van der Waals surface area contributed by atoms with Crippen LogP contribution in [0.3, 0.4) is 0 Å². The van der Waals surface area contributed by atoms with E-state index in [1.54, 1.807) is 6.08 Å². The van der Waals surface area contributed by atoms with E-state index in [1.165, 1.54) is 34.1 Å². The van der Waals surface area contributed by atoms with Gasteiger partial charge in [-0.15, -0.1) is 22.7 Å². The van der Waals surface area contributed by atoms with Gasteiger partial charge in [0.1, 0.15) is 5.01 Å². The quantitative estimate of drug-likeness (QED) is 0.823. The first-order valence-corrected chi connectivity index (χ1v) is 7.36. The number of nitrogens with zero attached hydrogens (tertiary/aromatic N) is 2. The van der Waals surface area contributed by atoms with Crippen LogP contribution >= 0.6 is 22.7 Å². The van der Waals surface area contributed by atoms with Gasteiger partial charge in [-0.2, -0.15) is 0 Å². The predicted octanol–water partition coefficient (Wildman–Crippen LogP) is 1.94. The number of thiazole rings is 2. The van der Waals surface area contributed by atoms with Crippen LogP contribution in [0.15, 0.2) is 16.8 Å². The van der Waals surface area contributed by atoms with Crippen LogP contribution in [0.5, 0.6) is 0 Å². The van der Waals surface area contributed by atoms with Crippen molar-refractivity contribution in [1.29, 1.82) is 0 Å². The smallest absolute Gasteiger partial charge is 0.355 e. The monoisotopic (exact) mass is 309 g/mol. The Hall–Kier alpha value is -2.06. The minimum absolute atomic E-state index is 0.00672. The highest BCUT2D eigenvalue weighted by Gasteiger charge is 2.08. The lowest BCUT2D eigenvalue weighted by Crippen LogP contribution is -2.20. The van der Waals surface area contributed by atoms with E-state index >= 15 is 0 Å². The molecule has 0 bridgehead atoms. The molecule has 0 atom stereocenters. The summed E-state index contributed by atoms with van der Waals surface area (Å²) in [6, 6.07) is 0. The fourth-order valence-corrected chi connectivity index (χ4v) is 2.62. The molecule has 20 heavy (non-hydrogen) atoms. The number of carboxylic acids is 1. The summed E-state index contributed by atoms with van der Waals surface area (Å²) >= 11 is 2.71. The maximum Gasteiger partial charge on any atom is 0.355 e. The Bertz CT molecular complexity index is 660. The van der Waals surface area contributed by atoms with E-state index in [2.05, 4.69) is 15.3 Å². The highest BCUT2D eigenvalue weighted by Crippen LogP contribution is 2.10. The number of carbonyl (C=O) groups is 2. The third-order valence-electron chi connectivity index (χ3n) is 2.23. The Morgan fingerprint density at radius 1 is 1.35 bits per heavy atom. The van der Waals surface area contributed by atoms with E-state index < -0.39 is 5.97 Å². The van der Waals surface area contributed by atoms with Crippen LogP contribution in [-0.2, 0) is 11.3 Å². The van der Waals surface area contributed by atoms with Crippen molar-refractivity contribution in [2.24, 2.45) is 0 Å². The van der Waals surface area contributed by atoms with Crippen molar-refractivity contribution >= 4 is 40.6 Å². The molecule has 0 aromatic carbocycles. The number of nitrogens with one attached hydrogen (secondary N) is 1.